The average molecular weight is 218 g/mol. The SMILES string of the molecule is NC(N)=NCc1ccc(C(F)(F)F)cn1. The second kappa shape index (κ2) is 4.16. The van der Waals surface area contributed by atoms with Gasteiger partial charge in [-0.05, 0) is 12.1 Å². The number of halogens is 3. The van der Waals surface area contributed by atoms with Crippen LogP contribution in [-0.4, -0.2) is 10.9 Å². The molecule has 0 spiro atoms. The van der Waals surface area contributed by atoms with E-state index in [9.17, 15) is 13.2 Å². The lowest BCUT2D eigenvalue weighted by Gasteiger charge is -2.05. The first-order valence-electron chi connectivity index (χ1n) is 3.97. The zero-order valence-corrected chi connectivity index (χ0v) is 7.62. The van der Waals surface area contributed by atoms with Crippen molar-refractivity contribution in [1.29, 1.82) is 0 Å². The summed E-state index contributed by atoms with van der Waals surface area (Å²) in [6.07, 6.45) is -3.63. The predicted molar refractivity (Wildman–Crippen MR) is 48.8 cm³/mol. The van der Waals surface area contributed by atoms with Gasteiger partial charge < -0.3 is 11.5 Å². The lowest BCUT2D eigenvalue weighted by Crippen LogP contribution is -2.22. The van der Waals surface area contributed by atoms with Gasteiger partial charge in [-0.15, -0.1) is 0 Å². The van der Waals surface area contributed by atoms with E-state index in [4.69, 9.17) is 11.5 Å². The van der Waals surface area contributed by atoms with Gasteiger partial charge >= 0.3 is 6.18 Å². The molecule has 15 heavy (non-hydrogen) atoms. The molecule has 0 aliphatic heterocycles. The van der Waals surface area contributed by atoms with Gasteiger partial charge in [-0.2, -0.15) is 13.2 Å². The average Bonchev–Trinajstić information content (AvgIpc) is 2.14. The number of nitrogens with two attached hydrogens (primary N) is 2. The third-order valence-electron chi connectivity index (χ3n) is 1.58. The summed E-state index contributed by atoms with van der Waals surface area (Å²) in [6, 6.07) is 2.17. The van der Waals surface area contributed by atoms with Gasteiger partial charge in [0.1, 0.15) is 0 Å². The van der Waals surface area contributed by atoms with Crippen molar-refractivity contribution >= 4 is 5.96 Å². The lowest BCUT2D eigenvalue weighted by atomic mass is 10.2. The summed E-state index contributed by atoms with van der Waals surface area (Å²) in [5, 5.41) is 0. The van der Waals surface area contributed by atoms with E-state index in [-0.39, 0.29) is 12.5 Å². The van der Waals surface area contributed by atoms with Crippen molar-refractivity contribution in [3.05, 3.63) is 29.6 Å². The Labute approximate surface area is 83.8 Å². The molecule has 4 nitrogen and oxygen atoms in total. The number of alkyl halides is 3. The van der Waals surface area contributed by atoms with Crippen LogP contribution in [0.15, 0.2) is 23.3 Å². The fourth-order valence-electron chi connectivity index (χ4n) is 0.858. The number of rotatable bonds is 2. The van der Waals surface area contributed by atoms with Gasteiger partial charge in [-0.3, -0.25) is 4.98 Å². The third-order valence-corrected chi connectivity index (χ3v) is 1.58. The standard InChI is InChI=1S/C8H9F3N4/c9-8(10,11)5-1-2-6(14-3-5)4-15-7(12)13/h1-3H,4H2,(H4,12,13,15). The van der Waals surface area contributed by atoms with Crippen molar-refractivity contribution < 1.29 is 13.2 Å². The van der Waals surface area contributed by atoms with E-state index in [1.54, 1.807) is 0 Å². The van der Waals surface area contributed by atoms with Gasteiger partial charge in [0, 0.05) is 6.20 Å². The minimum atomic E-state index is -4.37. The number of nitrogens with zero attached hydrogens (tertiary/aromatic N) is 2. The molecule has 4 N–H and O–H groups in total. The van der Waals surface area contributed by atoms with E-state index in [2.05, 4.69) is 9.98 Å². The van der Waals surface area contributed by atoms with Gasteiger partial charge in [0.2, 0.25) is 0 Å². The number of guanidine groups is 1. The molecule has 0 atom stereocenters. The van der Waals surface area contributed by atoms with E-state index >= 15 is 0 Å². The van der Waals surface area contributed by atoms with Gasteiger partial charge in [-0.25, -0.2) is 4.99 Å². The number of pyridine rings is 1. The summed E-state index contributed by atoms with van der Waals surface area (Å²) in [5.41, 5.74) is 9.70. The van der Waals surface area contributed by atoms with Crippen LogP contribution in [0, 0.1) is 0 Å². The van der Waals surface area contributed by atoms with Crippen LogP contribution in [0.2, 0.25) is 0 Å². The van der Waals surface area contributed by atoms with Crippen molar-refractivity contribution in [2.75, 3.05) is 0 Å². The molecule has 1 rings (SSSR count). The van der Waals surface area contributed by atoms with E-state index in [1.165, 1.54) is 6.07 Å². The van der Waals surface area contributed by atoms with Gasteiger partial charge in [0.05, 0.1) is 17.8 Å². The van der Waals surface area contributed by atoms with Gasteiger partial charge in [0.15, 0.2) is 5.96 Å². The first kappa shape index (κ1) is 11.3. The van der Waals surface area contributed by atoms with Gasteiger partial charge in [-0.1, -0.05) is 0 Å². The predicted octanol–water partition coefficient (Wildman–Crippen LogP) is 0.874. The molecule has 0 saturated heterocycles. The summed E-state index contributed by atoms with van der Waals surface area (Å²) in [6.45, 7) is 0.0699. The zero-order valence-electron chi connectivity index (χ0n) is 7.62. The first-order chi connectivity index (χ1) is 6.89. The van der Waals surface area contributed by atoms with E-state index in [0.29, 0.717) is 5.69 Å². The molecular formula is C8H9F3N4. The first-order valence-corrected chi connectivity index (χ1v) is 3.97. The molecule has 0 fully saturated rings. The number of aromatic nitrogens is 1. The van der Waals surface area contributed by atoms with Crippen molar-refractivity contribution in [2.24, 2.45) is 16.5 Å². The zero-order chi connectivity index (χ0) is 11.5. The van der Waals surface area contributed by atoms with Crippen LogP contribution >= 0.6 is 0 Å². The normalized spacial score (nSPS) is 11.1. The highest BCUT2D eigenvalue weighted by molar-refractivity contribution is 5.75. The topological polar surface area (TPSA) is 77.3 Å². The molecule has 0 bridgehead atoms. The maximum absolute atomic E-state index is 12.1. The Morgan fingerprint density at radius 1 is 1.33 bits per heavy atom. The molecule has 0 unspecified atom stereocenters. The maximum atomic E-state index is 12.1. The molecule has 1 aromatic rings. The number of hydrogen-bond acceptors (Lipinski definition) is 2. The Morgan fingerprint density at radius 3 is 2.40 bits per heavy atom. The molecule has 1 aromatic heterocycles. The summed E-state index contributed by atoms with van der Waals surface area (Å²) in [4.78, 5) is 7.19. The van der Waals surface area contributed by atoms with E-state index < -0.39 is 11.7 Å². The molecule has 0 radical (unpaired) electrons. The Balaban J connectivity index is 2.77. The number of aliphatic imine (C=N–C) groups is 1. The van der Waals surface area contributed by atoms with Crippen LogP contribution in [0.4, 0.5) is 13.2 Å². The third kappa shape index (κ3) is 3.45. The molecular weight excluding hydrogens is 209 g/mol. The van der Waals surface area contributed by atoms with Crippen molar-refractivity contribution in [3.8, 4) is 0 Å². The molecule has 0 aromatic carbocycles. The van der Waals surface area contributed by atoms with Crippen LogP contribution in [0.25, 0.3) is 0 Å². The highest BCUT2D eigenvalue weighted by Crippen LogP contribution is 2.28. The second-order valence-electron chi connectivity index (χ2n) is 2.78. The smallest absolute Gasteiger partial charge is 0.370 e. The Kier molecular flexibility index (Phi) is 3.13. The molecule has 1 heterocycles. The summed E-state index contributed by atoms with van der Waals surface area (Å²) in [7, 11) is 0. The second-order valence-corrected chi connectivity index (χ2v) is 2.78. The van der Waals surface area contributed by atoms with Crippen LogP contribution in [0.5, 0.6) is 0 Å². The minimum Gasteiger partial charge on any atom is -0.370 e. The summed E-state index contributed by atoms with van der Waals surface area (Å²) >= 11 is 0. The minimum absolute atomic E-state index is 0.0699. The largest absolute Gasteiger partial charge is 0.417 e. The van der Waals surface area contributed by atoms with Crippen molar-refractivity contribution in [1.82, 2.24) is 4.98 Å². The van der Waals surface area contributed by atoms with Crippen LogP contribution in [-0.2, 0) is 12.7 Å². The molecule has 82 valence electrons. The van der Waals surface area contributed by atoms with Crippen LogP contribution < -0.4 is 11.5 Å². The summed E-state index contributed by atoms with van der Waals surface area (Å²) in [5.74, 6) is -0.128. The Bertz CT molecular complexity index is 351. The quantitative estimate of drug-likeness (QED) is 0.571. The molecule has 0 saturated carbocycles. The van der Waals surface area contributed by atoms with E-state index in [1.807, 2.05) is 0 Å². The van der Waals surface area contributed by atoms with Crippen molar-refractivity contribution in [2.45, 2.75) is 12.7 Å². The van der Waals surface area contributed by atoms with E-state index in [0.717, 1.165) is 12.3 Å². The monoisotopic (exact) mass is 218 g/mol. The molecule has 7 heteroatoms. The Morgan fingerprint density at radius 2 is 2.00 bits per heavy atom. The maximum Gasteiger partial charge on any atom is 0.417 e. The van der Waals surface area contributed by atoms with Crippen molar-refractivity contribution in [3.63, 3.8) is 0 Å². The fraction of sp³-hybridized carbons (Fsp3) is 0.250. The van der Waals surface area contributed by atoms with Crippen LogP contribution in [0.3, 0.4) is 0 Å². The lowest BCUT2D eigenvalue weighted by molar-refractivity contribution is -0.137. The fourth-order valence-corrected chi connectivity index (χ4v) is 0.858. The summed E-state index contributed by atoms with van der Waals surface area (Å²) < 4.78 is 36.4. The Hall–Kier alpha value is -1.79. The highest BCUT2D eigenvalue weighted by atomic mass is 19.4. The highest BCUT2D eigenvalue weighted by Gasteiger charge is 2.30. The van der Waals surface area contributed by atoms with Crippen LogP contribution in [0.1, 0.15) is 11.3 Å². The molecule has 0 amide bonds. The molecule has 0 aliphatic rings. The molecule has 0 aliphatic carbocycles. The van der Waals surface area contributed by atoms with Gasteiger partial charge in [0.25, 0.3) is 0 Å². The number of hydrogen-bond donors (Lipinski definition) is 2.